The zero-order chi connectivity index (χ0) is 12.4. The molecule has 17 heavy (non-hydrogen) atoms. The highest BCUT2D eigenvalue weighted by atomic mass is 35.5. The molecule has 1 aliphatic heterocycles. The number of rotatable bonds is 3. The number of nitrogens with zero attached hydrogens (tertiary/aromatic N) is 1. The minimum absolute atomic E-state index is 0.0411. The number of halogens is 1. The van der Waals surface area contributed by atoms with Crippen LogP contribution in [0.4, 0.5) is 4.79 Å². The van der Waals surface area contributed by atoms with Gasteiger partial charge >= 0.3 is 12.1 Å². The number of amides is 1. The largest absolute Gasteiger partial charge is 0.478 e. The van der Waals surface area contributed by atoms with Crippen molar-refractivity contribution >= 4 is 23.7 Å². The van der Waals surface area contributed by atoms with Crippen molar-refractivity contribution in [2.24, 2.45) is 0 Å². The van der Waals surface area contributed by atoms with Gasteiger partial charge in [0.05, 0.1) is 13.1 Å². The molecule has 2 rings (SSSR count). The maximum absolute atomic E-state index is 11.4. The van der Waals surface area contributed by atoms with E-state index in [2.05, 4.69) is 0 Å². The smallest absolute Gasteiger partial charge is 0.411 e. The number of ether oxygens (including phenoxy) is 1. The van der Waals surface area contributed by atoms with Crippen LogP contribution < -0.4 is 0 Å². The highest BCUT2D eigenvalue weighted by Crippen LogP contribution is 2.20. The summed E-state index contributed by atoms with van der Waals surface area (Å²) in [4.78, 5) is 23.4. The third kappa shape index (κ3) is 2.50. The molecule has 6 heteroatoms. The molecule has 1 aromatic rings. The molecule has 90 valence electrons. The minimum atomic E-state index is -1.14. The lowest BCUT2D eigenvalue weighted by Gasteiger charge is -2.13. The van der Waals surface area contributed by atoms with E-state index in [0.717, 1.165) is 5.56 Å². The standard InChI is InChI=1S/C11H10ClNO4/c12-8-4-2-1-3-7(8)5-13-6-9(10(14)15)17-11(13)16/h1-4,9H,5-6H2,(H,14,15)/t9-/m1/s1. The Hall–Kier alpha value is -1.75. The number of benzene rings is 1. The summed E-state index contributed by atoms with van der Waals surface area (Å²) >= 11 is 5.95. The van der Waals surface area contributed by atoms with Crippen LogP contribution in [0.5, 0.6) is 0 Å². The van der Waals surface area contributed by atoms with E-state index in [1.807, 2.05) is 0 Å². The highest BCUT2D eigenvalue weighted by Gasteiger charge is 2.36. The van der Waals surface area contributed by atoms with Crippen molar-refractivity contribution in [3.63, 3.8) is 0 Å². The lowest BCUT2D eigenvalue weighted by atomic mass is 10.2. The van der Waals surface area contributed by atoms with Gasteiger partial charge in [0.2, 0.25) is 6.10 Å². The average molecular weight is 256 g/mol. The molecule has 1 saturated heterocycles. The van der Waals surface area contributed by atoms with Crippen molar-refractivity contribution in [3.05, 3.63) is 34.9 Å². The Morgan fingerprint density at radius 2 is 2.24 bits per heavy atom. The number of carboxylic acids is 1. The lowest BCUT2D eigenvalue weighted by molar-refractivity contribution is -0.144. The van der Waals surface area contributed by atoms with Gasteiger partial charge in [-0.2, -0.15) is 0 Å². The zero-order valence-corrected chi connectivity index (χ0v) is 9.55. The molecule has 5 nitrogen and oxygen atoms in total. The Kier molecular flexibility index (Phi) is 3.19. The number of carbonyl (C=O) groups is 2. The third-order valence-corrected chi connectivity index (χ3v) is 2.85. The second-order valence-electron chi connectivity index (χ2n) is 3.68. The molecule has 0 aromatic heterocycles. The highest BCUT2D eigenvalue weighted by molar-refractivity contribution is 6.31. The Labute approximate surface area is 103 Å². The van der Waals surface area contributed by atoms with Gasteiger partial charge in [0.15, 0.2) is 0 Å². The number of carboxylic acid groups (broad SMARTS) is 1. The Bertz CT molecular complexity index is 463. The summed E-state index contributed by atoms with van der Waals surface area (Å²) in [6, 6.07) is 7.09. The fourth-order valence-corrected chi connectivity index (χ4v) is 1.79. The maximum Gasteiger partial charge on any atom is 0.411 e. The molecular weight excluding hydrogens is 246 g/mol. The summed E-state index contributed by atoms with van der Waals surface area (Å²) in [7, 11) is 0. The van der Waals surface area contributed by atoms with E-state index in [-0.39, 0.29) is 13.1 Å². The van der Waals surface area contributed by atoms with E-state index in [4.69, 9.17) is 21.4 Å². The average Bonchev–Trinajstić information content (AvgIpc) is 2.64. The third-order valence-electron chi connectivity index (χ3n) is 2.48. The van der Waals surface area contributed by atoms with Crippen LogP contribution in [-0.2, 0) is 16.1 Å². The van der Waals surface area contributed by atoms with Gasteiger partial charge in [-0.05, 0) is 11.6 Å². The minimum Gasteiger partial charge on any atom is -0.478 e. The maximum atomic E-state index is 11.4. The van der Waals surface area contributed by atoms with E-state index in [0.29, 0.717) is 5.02 Å². The summed E-state index contributed by atoms with van der Waals surface area (Å²) in [5.41, 5.74) is 0.761. The van der Waals surface area contributed by atoms with Crippen LogP contribution in [0.3, 0.4) is 0 Å². The Morgan fingerprint density at radius 1 is 1.53 bits per heavy atom. The number of aliphatic carboxylic acids is 1. The molecule has 1 heterocycles. The molecule has 0 bridgehead atoms. The first-order chi connectivity index (χ1) is 8.08. The van der Waals surface area contributed by atoms with E-state index in [9.17, 15) is 9.59 Å². The molecule has 1 amide bonds. The molecule has 0 aliphatic carbocycles. The van der Waals surface area contributed by atoms with Crippen LogP contribution in [0, 0.1) is 0 Å². The van der Waals surface area contributed by atoms with Gasteiger partial charge < -0.3 is 9.84 Å². The normalized spacial score (nSPS) is 19.2. The Balaban J connectivity index is 2.08. The lowest BCUT2D eigenvalue weighted by Crippen LogP contribution is -2.27. The first kappa shape index (κ1) is 11.7. The van der Waals surface area contributed by atoms with E-state index in [1.54, 1.807) is 24.3 Å². The van der Waals surface area contributed by atoms with Crippen LogP contribution in [0.25, 0.3) is 0 Å². The van der Waals surface area contributed by atoms with Crippen molar-refractivity contribution in [1.82, 2.24) is 4.90 Å². The predicted molar refractivity (Wildman–Crippen MR) is 59.8 cm³/mol. The van der Waals surface area contributed by atoms with Gasteiger partial charge in [0.1, 0.15) is 0 Å². The van der Waals surface area contributed by atoms with Crippen molar-refractivity contribution < 1.29 is 19.4 Å². The van der Waals surface area contributed by atoms with Crippen molar-refractivity contribution in [3.8, 4) is 0 Å². The van der Waals surface area contributed by atoms with Crippen LogP contribution in [0.2, 0.25) is 5.02 Å². The molecular formula is C11H10ClNO4. The molecule has 0 radical (unpaired) electrons. The van der Waals surface area contributed by atoms with Crippen molar-refractivity contribution in [2.75, 3.05) is 6.54 Å². The molecule has 1 fully saturated rings. The summed E-state index contributed by atoms with van der Waals surface area (Å²) in [6.07, 6.45) is -1.72. The topological polar surface area (TPSA) is 66.8 Å². The van der Waals surface area contributed by atoms with Crippen LogP contribution in [0.1, 0.15) is 5.56 Å². The summed E-state index contributed by atoms with van der Waals surface area (Å²) in [5, 5.41) is 9.28. The predicted octanol–water partition coefficient (Wildman–Crippen LogP) is 1.75. The molecule has 1 atom stereocenters. The molecule has 1 aromatic carbocycles. The van der Waals surface area contributed by atoms with Crippen LogP contribution >= 0.6 is 11.6 Å². The number of hydrogen-bond acceptors (Lipinski definition) is 3. The molecule has 0 saturated carbocycles. The second kappa shape index (κ2) is 4.63. The Morgan fingerprint density at radius 3 is 2.82 bits per heavy atom. The van der Waals surface area contributed by atoms with E-state index >= 15 is 0 Å². The molecule has 0 unspecified atom stereocenters. The monoisotopic (exact) mass is 255 g/mol. The molecule has 1 aliphatic rings. The van der Waals surface area contributed by atoms with Crippen molar-refractivity contribution in [1.29, 1.82) is 0 Å². The number of carbonyl (C=O) groups excluding carboxylic acids is 1. The fourth-order valence-electron chi connectivity index (χ4n) is 1.60. The number of cyclic esters (lactones) is 1. The molecule has 1 N–H and O–H groups in total. The summed E-state index contributed by atoms with van der Waals surface area (Å²) < 4.78 is 4.69. The van der Waals surface area contributed by atoms with Crippen LogP contribution in [0.15, 0.2) is 24.3 Å². The van der Waals surface area contributed by atoms with Gasteiger partial charge in [-0.1, -0.05) is 29.8 Å². The van der Waals surface area contributed by atoms with Gasteiger partial charge in [-0.3, -0.25) is 4.90 Å². The van der Waals surface area contributed by atoms with Gasteiger partial charge in [0, 0.05) is 5.02 Å². The number of hydrogen-bond donors (Lipinski definition) is 1. The molecule has 0 spiro atoms. The summed E-state index contributed by atoms with van der Waals surface area (Å²) in [5.74, 6) is -1.14. The first-order valence-electron chi connectivity index (χ1n) is 4.99. The quantitative estimate of drug-likeness (QED) is 0.893. The van der Waals surface area contributed by atoms with Crippen LogP contribution in [-0.4, -0.2) is 34.7 Å². The van der Waals surface area contributed by atoms with E-state index in [1.165, 1.54) is 4.90 Å². The van der Waals surface area contributed by atoms with Gasteiger partial charge in [0.25, 0.3) is 0 Å². The first-order valence-corrected chi connectivity index (χ1v) is 5.37. The van der Waals surface area contributed by atoms with E-state index < -0.39 is 18.2 Å². The SMILES string of the molecule is O=C(O)[C@H]1CN(Cc2ccccc2Cl)C(=O)O1. The second-order valence-corrected chi connectivity index (χ2v) is 4.09. The van der Waals surface area contributed by atoms with Gasteiger partial charge in [-0.15, -0.1) is 0 Å². The fraction of sp³-hybridized carbons (Fsp3) is 0.273. The zero-order valence-electron chi connectivity index (χ0n) is 8.80. The van der Waals surface area contributed by atoms with Crippen molar-refractivity contribution in [2.45, 2.75) is 12.6 Å². The van der Waals surface area contributed by atoms with Gasteiger partial charge in [-0.25, -0.2) is 9.59 Å². The summed E-state index contributed by atoms with van der Waals surface area (Å²) in [6.45, 7) is 0.293.